The van der Waals surface area contributed by atoms with Crippen LogP contribution in [0.2, 0.25) is 0 Å². The van der Waals surface area contributed by atoms with Crippen molar-refractivity contribution in [2.45, 2.75) is 40.5 Å². The molecule has 0 radical (unpaired) electrons. The molecular formula is C19H27N. The highest BCUT2D eigenvalue weighted by Crippen LogP contribution is 2.33. The molecule has 2 unspecified atom stereocenters. The topological polar surface area (TPSA) is 23.9 Å². The fourth-order valence-electron chi connectivity index (χ4n) is 2.47. The van der Waals surface area contributed by atoms with Gasteiger partial charge >= 0.3 is 0 Å². The highest BCUT2D eigenvalue weighted by molar-refractivity contribution is 6.10. The third kappa shape index (κ3) is 4.19. The summed E-state index contributed by atoms with van der Waals surface area (Å²) in [6.07, 6.45) is 19.4. The number of nitrogens with one attached hydrogen (secondary N) is 1. The Morgan fingerprint density at radius 1 is 1.25 bits per heavy atom. The van der Waals surface area contributed by atoms with E-state index in [2.05, 4.69) is 63.3 Å². The van der Waals surface area contributed by atoms with Gasteiger partial charge in [0.05, 0.1) is 5.71 Å². The van der Waals surface area contributed by atoms with Crippen LogP contribution in [-0.4, -0.2) is 5.71 Å². The Labute approximate surface area is 124 Å². The normalized spacial score (nSPS) is 29.3. The van der Waals surface area contributed by atoms with Gasteiger partial charge in [0.1, 0.15) is 0 Å². The van der Waals surface area contributed by atoms with Crippen molar-refractivity contribution < 1.29 is 0 Å². The lowest BCUT2D eigenvalue weighted by Gasteiger charge is -2.28. The fourth-order valence-corrected chi connectivity index (χ4v) is 2.47. The van der Waals surface area contributed by atoms with E-state index in [0.717, 1.165) is 12.0 Å². The summed E-state index contributed by atoms with van der Waals surface area (Å²) in [5.74, 6) is 0.824. The molecule has 0 saturated heterocycles. The van der Waals surface area contributed by atoms with E-state index < -0.39 is 0 Å². The minimum Gasteiger partial charge on any atom is -0.300 e. The SMILES string of the molecule is CC=CC1/C=C\C=C(\C)C(=N)C2=CC=CCC21.CCC. The summed E-state index contributed by atoms with van der Waals surface area (Å²) in [4.78, 5) is 0. The van der Waals surface area contributed by atoms with Gasteiger partial charge in [-0.1, -0.05) is 68.9 Å². The summed E-state index contributed by atoms with van der Waals surface area (Å²) in [7, 11) is 0. The van der Waals surface area contributed by atoms with Crippen molar-refractivity contribution in [3.05, 3.63) is 59.8 Å². The molecule has 0 aromatic carbocycles. The van der Waals surface area contributed by atoms with Crippen LogP contribution in [0.3, 0.4) is 0 Å². The second kappa shape index (κ2) is 8.52. The molecule has 2 aliphatic carbocycles. The lowest BCUT2D eigenvalue weighted by molar-refractivity contribution is 0.543. The number of hydrogen-bond acceptors (Lipinski definition) is 1. The van der Waals surface area contributed by atoms with Crippen molar-refractivity contribution in [2.24, 2.45) is 11.8 Å². The van der Waals surface area contributed by atoms with Crippen LogP contribution in [0.5, 0.6) is 0 Å². The maximum Gasteiger partial charge on any atom is 0.0604 e. The first-order valence-corrected chi connectivity index (χ1v) is 7.59. The van der Waals surface area contributed by atoms with E-state index in [1.165, 1.54) is 12.0 Å². The molecule has 0 amide bonds. The molecule has 20 heavy (non-hydrogen) atoms. The van der Waals surface area contributed by atoms with Crippen LogP contribution >= 0.6 is 0 Å². The minimum absolute atomic E-state index is 0.404. The molecule has 2 aliphatic rings. The Kier molecular flexibility index (Phi) is 7.00. The van der Waals surface area contributed by atoms with Gasteiger partial charge in [0, 0.05) is 5.92 Å². The quantitative estimate of drug-likeness (QED) is 0.596. The van der Waals surface area contributed by atoms with Crippen molar-refractivity contribution in [3.63, 3.8) is 0 Å². The Balaban J connectivity index is 0.000000612. The zero-order chi connectivity index (χ0) is 15.0. The number of fused-ring (bicyclic) bond motifs is 1. The minimum atomic E-state index is 0.404. The zero-order valence-electron chi connectivity index (χ0n) is 13.2. The van der Waals surface area contributed by atoms with Gasteiger partial charge in [-0.2, -0.15) is 0 Å². The van der Waals surface area contributed by atoms with E-state index in [1.807, 2.05) is 13.0 Å². The monoisotopic (exact) mass is 269 g/mol. The first kappa shape index (κ1) is 16.4. The molecule has 1 N–H and O–H groups in total. The molecule has 108 valence electrons. The lowest BCUT2D eigenvalue weighted by atomic mass is 9.76. The van der Waals surface area contributed by atoms with Crippen LogP contribution in [0.25, 0.3) is 0 Å². The van der Waals surface area contributed by atoms with Crippen LogP contribution in [0, 0.1) is 17.2 Å². The third-order valence-corrected chi connectivity index (χ3v) is 3.44. The summed E-state index contributed by atoms with van der Waals surface area (Å²) < 4.78 is 0. The van der Waals surface area contributed by atoms with Gasteiger partial charge in [-0.25, -0.2) is 0 Å². The van der Waals surface area contributed by atoms with Gasteiger partial charge in [-0.3, -0.25) is 0 Å². The average molecular weight is 269 g/mol. The highest BCUT2D eigenvalue weighted by Gasteiger charge is 2.25. The van der Waals surface area contributed by atoms with E-state index in [-0.39, 0.29) is 0 Å². The molecule has 0 saturated carbocycles. The van der Waals surface area contributed by atoms with E-state index in [4.69, 9.17) is 5.41 Å². The van der Waals surface area contributed by atoms with E-state index >= 15 is 0 Å². The number of rotatable bonds is 1. The first-order valence-electron chi connectivity index (χ1n) is 7.59. The van der Waals surface area contributed by atoms with Gasteiger partial charge in [-0.05, 0) is 37.3 Å². The molecule has 2 rings (SSSR count). The molecule has 0 heterocycles. The second-order valence-corrected chi connectivity index (χ2v) is 5.31. The molecule has 1 heteroatoms. The number of hydrogen-bond donors (Lipinski definition) is 1. The number of allylic oxidation sites excluding steroid dienone is 10. The molecule has 0 bridgehead atoms. The fraction of sp³-hybridized carbons (Fsp3) is 0.421. The molecular weight excluding hydrogens is 242 g/mol. The Bertz CT molecular complexity index is 472. The molecule has 0 aromatic heterocycles. The van der Waals surface area contributed by atoms with Crippen LogP contribution < -0.4 is 0 Å². The van der Waals surface area contributed by atoms with Crippen molar-refractivity contribution in [1.29, 1.82) is 5.41 Å². The van der Waals surface area contributed by atoms with Gasteiger partial charge in [0.2, 0.25) is 0 Å². The molecule has 0 aliphatic heterocycles. The predicted molar refractivity (Wildman–Crippen MR) is 90.2 cm³/mol. The zero-order valence-corrected chi connectivity index (χ0v) is 13.2. The summed E-state index contributed by atoms with van der Waals surface area (Å²) in [6.45, 7) is 8.32. The van der Waals surface area contributed by atoms with Crippen molar-refractivity contribution in [3.8, 4) is 0 Å². The molecule has 1 nitrogen and oxygen atoms in total. The van der Waals surface area contributed by atoms with Crippen molar-refractivity contribution in [2.75, 3.05) is 0 Å². The lowest BCUT2D eigenvalue weighted by Crippen LogP contribution is -2.22. The van der Waals surface area contributed by atoms with Gasteiger partial charge in [0.15, 0.2) is 0 Å². The average Bonchev–Trinajstić information content (AvgIpc) is 2.45. The molecule has 0 spiro atoms. The van der Waals surface area contributed by atoms with Crippen molar-refractivity contribution >= 4 is 5.71 Å². The maximum absolute atomic E-state index is 8.25. The Morgan fingerprint density at radius 3 is 2.60 bits per heavy atom. The largest absolute Gasteiger partial charge is 0.300 e. The van der Waals surface area contributed by atoms with Crippen LogP contribution in [0.4, 0.5) is 0 Å². The molecule has 2 atom stereocenters. The van der Waals surface area contributed by atoms with Gasteiger partial charge in [0.25, 0.3) is 0 Å². The predicted octanol–water partition coefficient (Wildman–Crippen LogP) is 5.63. The standard InChI is InChI=1S/C16H19N.C3H8/c1-3-7-13-9-6-8-12(2)16(17)15-11-5-4-10-14(13)15;1-3-2/h3-9,11,13-14,17H,10H2,1-2H3;3H2,1-2H3/b7-3?,9-6-,12-8-,17-16?;. The highest BCUT2D eigenvalue weighted by atomic mass is 14.5. The van der Waals surface area contributed by atoms with Crippen LogP contribution in [0.15, 0.2) is 59.8 Å². The summed E-state index contributed by atoms with van der Waals surface area (Å²) >= 11 is 0. The third-order valence-electron chi connectivity index (χ3n) is 3.44. The molecule has 0 aromatic rings. The molecule has 0 fully saturated rings. The van der Waals surface area contributed by atoms with E-state index in [9.17, 15) is 0 Å². The second-order valence-electron chi connectivity index (χ2n) is 5.31. The van der Waals surface area contributed by atoms with Crippen LogP contribution in [-0.2, 0) is 0 Å². The van der Waals surface area contributed by atoms with Crippen LogP contribution in [0.1, 0.15) is 40.5 Å². The Hall–Kier alpha value is -1.63. The van der Waals surface area contributed by atoms with E-state index in [0.29, 0.717) is 17.5 Å². The van der Waals surface area contributed by atoms with Crippen molar-refractivity contribution in [1.82, 2.24) is 0 Å². The summed E-state index contributed by atoms with van der Waals surface area (Å²) in [5.41, 5.74) is 2.92. The summed E-state index contributed by atoms with van der Waals surface area (Å²) in [5, 5.41) is 8.25. The summed E-state index contributed by atoms with van der Waals surface area (Å²) in [6, 6.07) is 0. The first-order chi connectivity index (χ1) is 9.65. The van der Waals surface area contributed by atoms with Gasteiger partial charge < -0.3 is 5.41 Å². The maximum atomic E-state index is 8.25. The van der Waals surface area contributed by atoms with E-state index in [1.54, 1.807) is 0 Å². The van der Waals surface area contributed by atoms with Gasteiger partial charge in [-0.15, -0.1) is 0 Å². The Morgan fingerprint density at radius 2 is 1.95 bits per heavy atom. The smallest absolute Gasteiger partial charge is 0.0604 e.